The first-order chi connectivity index (χ1) is 16.2. The van der Waals surface area contributed by atoms with Gasteiger partial charge in [-0.15, -0.1) is 0 Å². The third kappa shape index (κ3) is 17.1. The van der Waals surface area contributed by atoms with Gasteiger partial charge in [0.05, 0.1) is 12.9 Å². The molecule has 0 aliphatic heterocycles. The standard InChI is InChI=1S/C15H15NO4.C5H8.C4H8O.2C2H6/c1-9(16)11-3-5-13(6-4-11)19-8-12-7-14(15(17)18)20-10(12)2;1-3-5-4-2;1-4(2)5-3;2*1-2/h3-7,16H,8H2,1-2H3,(H,17,18);3-5H,1H2,2H3;1H2,2-3H3;2*1-2H3/b;5-4-;;;. The van der Waals surface area contributed by atoms with E-state index in [-0.39, 0.29) is 12.4 Å². The minimum Gasteiger partial charge on any atom is -0.502 e. The Kier molecular flexibility index (Phi) is 23.4. The molecule has 0 unspecified atom stereocenters. The molecule has 190 valence electrons. The number of carbonyl (C=O) groups is 1. The molecular formula is C28H43NO5. The van der Waals surface area contributed by atoms with Crippen molar-refractivity contribution in [2.75, 3.05) is 7.11 Å². The van der Waals surface area contributed by atoms with E-state index in [1.54, 1.807) is 46.1 Å². The largest absolute Gasteiger partial charge is 0.502 e. The maximum atomic E-state index is 10.8. The first-order valence-electron chi connectivity index (χ1n) is 11.2. The third-order valence-corrected chi connectivity index (χ3v) is 3.59. The minimum atomic E-state index is -1.09. The van der Waals surface area contributed by atoms with Gasteiger partial charge in [0.1, 0.15) is 18.1 Å². The number of methoxy groups -OCH3 is 1. The number of furan rings is 1. The summed E-state index contributed by atoms with van der Waals surface area (Å²) in [5, 5.41) is 16.3. The highest BCUT2D eigenvalue weighted by Gasteiger charge is 2.13. The van der Waals surface area contributed by atoms with E-state index in [0.717, 1.165) is 11.3 Å². The van der Waals surface area contributed by atoms with Crippen molar-refractivity contribution >= 4 is 11.7 Å². The monoisotopic (exact) mass is 473 g/mol. The third-order valence-electron chi connectivity index (χ3n) is 3.59. The van der Waals surface area contributed by atoms with Crippen LogP contribution in [-0.2, 0) is 11.3 Å². The number of ether oxygens (including phenoxy) is 2. The molecule has 0 atom stereocenters. The molecule has 0 saturated heterocycles. The molecule has 0 saturated carbocycles. The lowest BCUT2D eigenvalue weighted by Crippen LogP contribution is -1.97. The van der Waals surface area contributed by atoms with Gasteiger partial charge in [-0.25, -0.2) is 4.79 Å². The van der Waals surface area contributed by atoms with Gasteiger partial charge in [0, 0.05) is 11.3 Å². The number of nitrogens with one attached hydrogen (secondary N) is 1. The summed E-state index contributed by atoms with van der Waals surface area (Å²) in [6.07, 6.45) is 5.58. The summed E-state index contributed by atoms with van der Waals surface area (Å²) in [5.41, 5.74) is 2.04. The molecule has 0 radical (unpaired) electrons. The number of allylic oxidation sites excluding steroid dienone is 4. The van der Waals surface area contributed by atoms with Crippen molar-refractivity contribution in [2.45, 2.75) is 62.0 Å². The second-order valence-electron chi connectivity index (χ2n) is 6.10. The van der Waals surface area contributed by atoms with Gasteiger partial charge in [-0.1, -0.05) is 59.1 Å². The first kappa shape index (κ1) is 35.1. The van der Waals surface area contributed by atoms with Gasteiger partial charge >= 0.3 is 5.97 Å². The summed E-state index contributed by atoms with van der Waals surface area (Å²) in [4.78, 5) is 10.8. The minimum absolute atomic E-state index is 0.0871. The molecular weight excluding hydrogens is 430 g/mol. The van der Waals surface area contributed by atoms with E-state index in [9.17, 15) is 4.79 Å². The molecule has 0 fully saturated rings. The fourth-order valence-electron chi connectivity index (χ4n) is 1.87. The lowest BCUT2D eigenvalue weighted by atomic mass is 10.1. The number of carboxylic acids is 1. The molecule has 2 rings (SSSR count). The summed E-state index contributed by atoms with van der Waals surface area (Å²) in [6.45, 7) is 22.3. The molecule has 0 amide bonds. The predicted octanol–water partition coefficient (Wildman–Crippen LogP) is 8.22. The van der Waals surface area contributed by atoms with E-state index >= 15 is 0 Å². The molecule has 2 N–H and O–H groups in total. The van der Waals surface area contributed by atoms with Crippen LogP contribution in [0.3, 0.4) is 0 Å². The average Bonchev–Trinajstić information content (AvgIpc) is 3.22. The van der Waals surface area contributed by atoms with Crippen LogP contribution >= 0.6 is 0 Å². The number of benzene rings is 1. The topological polar surface area (TPSA) is 92.8 Å². The van der Waals surface area contributed by atoms with Crippen LogP contribution in [0.4, 0.5) is 0 Å². The van der Waals surface area contributed by atoms with Crippen LogP contribution in [0, 0.1) is 12.3 Å². The number of rotatable bonds is 7. The molecule has 34 heavy (non-hydrogen) atoms. The Balaban J connectivity index is -0.000000570. The number of aromatic carboxylic acids is 1. The molecule has 6 nitrogen and oxygen atoms in total. The molecule has 2 aromatic rings. The molecule has 1 aromatic heterocycles. The van der Waals surface area contributed by atoms with Gasteiger partial charge < -0.3 is 24.4 Å². The summed E-state index contributed by atoms with van der Waals surface area (Å²) >= 11 is 0. The second kappa shape index (κ2) is 22.6. The Hall–Kier alpha value is -3.54. The van der Waals surface area contributed by atoms with E-state index < -0.39 is 5.97 Å². The lowest BCUT2D eigenvalue weighted by molar-refractivity contribution is 0.0661. The summed E-state index contributed by atoms with van der Waals surface area (Å²) < 4.78 is 15.2. The molecule has 0 aliphatic rings. The maximum absolute atomic E-state index is 10.8. The number of carboxylic acid groups (broad SMARTS) is 1. The maximum Gasteiger partial charge on any atom is 0.371 e. The summed E-state index contributed by atoms with van der Waals surface area (Å²) in [5.74, 6) is 0.771. The van der Waals surface area contributed by atoms with Crippen molar-refractivity contribution in [1.29, 1.82) is 5.41 Å². The Morgan fingerprint density at radius 1 is 1.15 bits per heavy atom. The van der Waals surface area contributed by atoms with E-state index in [0.29, 0.717) is 22.8 Å². The van der Waals surface area contributed by atoms with Crippen molar-refractivity contribution < 1.29 is 23.8 Å². The zero-order valence-electron chi connectivity index (χ0n) is 22.3. The van der Waals surface area contributed by atoms with Crippen LogP contribution in [0.2, 0.25) is 0 Å². The van der Waals surface area contributed by atoms with Crippen molar-refractivity contribution in [1.82, 2.24) is 0 Å². The van der Waals surface area contributed by atoms with E-state index in [1.807, 2.05) is 58.9 Å². The summed E-state index contributed by atoms with van der Waals surface area (Å²) in [7, 11) is 1.60. The van der Waals surface area contributed by atoms with Crippen LogP contribution in [-0.4, -0.2) is 23.9 Å². The number of hydrogen-bond acceptors (Lipinski definition) is 5. The van der Waals surface area contributed by atoms with Crippen molar-refractivity contribution in [3.05, 3.63) is 90.1 Å². The first-order valence-corrected chi connectivity index (χ1v) is 11.2. The molecule has 1 heterocycles. The highest BCUT2D eigenvalue weighted by molar-refractivity contribution is 5.96. The van der Waals surface area contributed by atoms with Crippen molar-refractivity contribution in [2.24, 2.45) is 0 Å². The van der Waals surface area contributed by atoms with E-state index in [4.69, 9.17) is 19.7 Å². The molecule has 6 heteroatoms. The highest BCUT2D eigenvalue weighted by atomic mass is 16.5. The van der Waals surface area contributed by atoms with Gasteiger partial charge in [-0.05, 0) is 63.6 Å². The van der Waals surface area contributed by atoms with E-state index in [2.05, 4.69) is 17.9 Å². The Morgan fingerprint density at radius 2 is 1.65 bits per heavy atom. The zero-order chi connectivity index (χ0) is 27.1. The Morgan fingerprint density at radius 3 is 1.94 bits per heavy atom. The van der Waals surface area contributed by atoms with Crippen LogP contribution in [0.15, 0.2) is 71.9 Å². The smallest absolute Gasteiger partial charge is 0.371 e. The second-order valence-corrected chi connectivity index (χ2v) is 6.10. The average molecular weight is 474 g/mol. The van der Waals surface area contributed by atoms with Crippen LogP contribution in [0.25, 0.3) is 0 Å². The Bertz CT molecular complexity index is 861. The van der Waals surface area contributed by atoms with Gasteiger partial charge in [0.15, 0.2) is 0 Å². The van der Waals surface area contributed by atoms with Gasteiger partial charge in [0.25, 0.3) is 0 Å². The van der Waals surface area contributed by atoms with Crippen molar-refractivity contribution in [3.63, 3.8) is 0 Å². The van der Waals surface area contributed by atoms with Gasteiger partial charge in [-0.3, -0.25) is 0 Å². The molecule has 0 spiro atoms. The highest BCUT2D eigenvalue weighted by Crippen LogP contribution is 2.19. The fraction of sp³-hybridized carbons (Fsp3) is 0.357. The van der Waals surface area contributed by atoms with Crippen LogP contribution < -0.4 is 4.74 Å². The number of hydrogen-bond donors (Lipinski definition) is 2. The zero-order valence-corrected chi connectivity index (χ0v) is 22.3. The van der Waals surface area contributed by atoms with Crippen molar-refractivity contribution in [3.8, 4) is 5.75 Å². The normalized spacial score (nSPS) is 8.74. The molecule has 0 bridgehead atoms. The summed E-state index contributed by atoms with van der Waals surface area (Å²) in [6, 6.07) is 8.64. The molecule has 0 aliphatic carbocycles. The van der Waals surface area contributed by atoms with Crippen LogP contribution in [0.1, 0.15) is 75.9 Å². The fourth-order valence-corrected chi connectivity index (χ4v) is 1.87. The number of aryl methyl sites for hydroxylation is 1. The Labute approximate surface area is 206 Å². The van der Waals surface area contributed by atoms with Gasteiger partial charge in [0.2, 0.25) is 5.76 Å². The van der Waals surface area contributed by atoms with Crippen LogP contribution in [0.5, 0.6) is 5.75 Å². The SMILES string of the molecule is C=C(C)OC.C=C/C=C\C.CC.CC.CC(=N)c1ccc(OCc2cc(C(=O)O)oc2C)cc1. The lowest BCUT2D eigenvalue weighted by Gasteiger charge is -2.06. The predicted molar refractivity (Wildman–Crippen MR) is 143 cm³/mol. The van der Waals surface area contributed by atoms with E-state index in [1.165, 1.54) is 6.07 Å². The quantitative estimate of drug-likeness (QED) is 0.240. The van der Waals surface area contributed by atoms with Gasteiger partial charge in [-0.2, -0.15) is 0 Å². The molecule has 1 aromatic carbocycles.